The number of nitrogens with one attached hydrogen (secondary N) is 1. The number of methoxy groups -OCH3 is 1. The SMILES string of the molecule is CNCC1(CN(C)Cc2cc(C)ccc2OC)CC1. The van der Waals surface area contributed by atoms with Crippen LogP contribution in [-0.2, 0) is 6.54 Å². The molecular formula is C16H26N2O. The Hall–Kier alpha value is -1.06. The van der Waals surface area contributed by atoms with Crippen LogP contribution in [-0.4, -0.2) is 39.2 Å². The molecule has 3 heteroatoms. The lowest BCUT2D eigenvalue weighted by molar-refractivity contribution is 0.249. The number of hydrogen-bond acceptors (Lipinski definition) is 3. The van der Waals surface area contributed by atoms with Crippen LogP contribution >= 0.6 is 0 Å². The van der Waals surface area contributed by atoms with Gasteiger partial charge in [0, 0.05) is 25.2 Å². The molecule has 0 spiro atoms. The van der Waals surface area contributed by atoms with Gasteiger partial charge in [-0.15, -0.1) is 0 Å². The van der Waals surface area contributed by atoms with Crippen LogP contribution in [0.15, 0.2) is 18.2 Å². The van der Waals surface area contributed by atoms with Gasteiger partial charge in [0.1, 0.15) is 5.75 Å². The second kappa shape index (κ2) is 5.93. The van der Waals surface area contributed by atoms with Crippen molar-refractivity contribution in [1.29, 1.82) is 0 Å². The summed E-state index contributed by atoms with van der Waals surface area (Å²) in [6.07, 6.45) is 2.70. The van der Waals surface area contributed by atoms with E-state index >= 15 is 0 Å². The van der Waals surface area contributed by atoms with Crippen LogP contribution in [0.3, 0.4) is 0 Å². The molecule has 0 atom stereocenters. The quantitative estimate of drug-likeness (QED) is 0.817. The van der Waals surface area contributed by atoms with Crippen LogP contribution in [0.4, 0.5) is 0 Å². The zero-order valence-electron chi connectivity index (χ0n) is 12.6. The summed E-state index contributed by atoms with van der Waals surface area (Å²) in [7, 11) is 6.00. The van der Waals surface area contributed by atoms with E-state index in [1.807, 2.05) is 7.05 Å². The van der Waals surface area contributed by atoms with E-state index in [-0.39, 0.29) is 0 Å². The Bertz CT molecular complexity index is 427. The van der Waals surface area contributed by atoms with Crippen LogP contribution in [0.2, 0.25) is 0 Å². The molecule has 0 radical (unpaired) electrons. The molecule has 1 saturated carbocycles. The average molecular weight is 262 g/mol. The minimum Gasteiger partial charge on any atom is -0.496 e. The van der Waals surface area contributed by atoms with Gasteiger partial charge < -0.3 is 15.0 Å². The molecule has 0 aliphatic heterocycles. The number of nitrogens with zero attached hydrogens (tertiary/aromatic N) is 1. The monoisotopic (exact) mass is 262 g/mol. The highest BCUT2D eigenvalue weighted by molar-refractivity contribution is 5.36. The van der Waals surface area contributed by atoms with Crippen LogP contribution in [0.5, 0.6) is 5.75 Å². The average Bonchev–Trinajstić information content (AvgIpc) is 3.09. The van der Waals surface area contributed by atoms with Gasteiger partial charge in [-0.05, 0) is 45.3 Å². The van der Waals surface area contributed by atoms with E-state index in [0.29, 0.717) is 5.41 Å². The first-order valence-corrected chi connectivity index (χ1v) is 7.05. The Labute approximate surface area is 116 Å². The molecule has 1 N–H and O–H groups in total. The van der Waals surface area contributed by atoms with E-state index in [2.05, 4.69) is 42.4 Å². The molecule has 0 heterocycles. The van der Waals surface area contributed by atoms with Crippen molar-refractivity contribution in [2.45, 2.75) is 26.3 Å². The summed E-state index contributed by atoms with van der Waals surface area (Å²) in [4.78, 5) is 2.42. The molecule has 2 rings (SSSR count). The number of aryl methyl sites for hydroxylation is 1. The molecule has 1 aromatic carbocycles. The molecule has 0 unspecified atom stereocenters. The molecular weight excluding hydrogens is 236 g/mol. The zero-order valence-corrected chi connectivity index (χ0v) is 12.6. The lowest BCUT2D eigenvalue weighted by Gasteiger charge is -2.24. The predicted octanol–water partition coefficient (Wildman–Crippen LogP) is 2.44. The van der Waals surface area contributed by atoms with Crippen LogP contribution < -0.4 is 10.1 Å². The third-order valence-electron chi connectivity index (χ3n) is 3.99. The fourth-order valence-electron chi connectivity index (χ4n) is 2.89. The van der Waals surface area contributed by atoms with E-state index in [4.69, 9.17) is 4.74 Å². The van der Waals surface area contributed by atoms with Crippen molar-refractivity contribution < 1.29 is 4.74 Å². The highest BCUT2D eigenvalue weighted by Gasteiger charge is 2.42. The Balaban J connectivity index is 1.98. The fourth-order valence-corrected chi connectivity index (χ4v) is 2.89. The first kappa shape index (κ1) is 14.4. The third kappa shape index (κ3) is 3.71. The fraction of sp³-hybridized carbons (Fsp3) is 0.625. The Morgan fingerprint density at radius 3 is 2.68 bits per heavy atom. The molecule has 1 aliphatic rings. The number of benzene rings is 1. The van der Waals surface area contributed by atoms with E-state index in [1.54, 1.807) is 7.11 Å². The summed E-state index contributed by atoms with van der Waals surface area (Å²) in [5, 5.41) is 3.32. The third-order valence-corrected chi connectivity index (χ3v) is 3.99. The summed E-state index contributed by atoms with van der Waals surface area (Å²) in [6, 6.07) is 6.40. The van der Waals surface area contributed by atoms with Gasteiger partial charge >= 0.3 is 0 Å². The molecule has 106 valence electrons. The normalized spacial score (nSPS) is 16.7. The second-order valence-electron chi connectivity index (χ2n) is 6.02. The Morgan fingerprint density at radius 1 is 1.37 bits per heavy atom. The first-order chi connectivity index (χ1) is 9.08. The highest BCUT2D eigenvalue weighted by Crippen LogP contribution is 2.45. The lowest BCUT2D eigenvalue weighted by atomic mass is 10.1. The minimum atomic E-state index is 0.514. The maximum Gasteiger partial charge on any atom is 0.123 e. The van der Waals surface area contributed by atoms with Crippen molar-refractivity contribution in [3.63, 3.8) is 0 Å². The first-order valence-electron chi connectivity index (χ1n) is 7.05. The second-order valence-corrected chi connectivity index (χ2v) is 6.02. The van der Waals surface area contributed by atoms with Gasteiger partial charge in [0.05, 0.1) is 7.11 Å². The number of hydrogen-bond donors (Lipinski definition) is 1. The molecule has 1 fully saturated rings. The molecule has 0 amide bonds. The van der Waals surface area contributed by atoms with E-state index in [9.17, 15) is 0 Å². The van der Waals surface area contributed by atoms with Crippen molar-refractivity contribution in [2.75, 3.05) is 34.3 Å². The smallest absolute Gasteiger partial charge is 0.123 e. The topological polar surface area (TPSA) is 24.5 Å². The molecule has 3 nitrogen and oxygen atoms in total. The number of rotatable bonds is 7. The van der Waals surface area contributed by atoms with E-state index in [0.717, 1.165) is 25.4 Å². The lowest BCUT2D eigenvalue weighted by Crippen LogP contribution is -2.32. The molecule has 0 bridgehead atoms. The summed E-state index contributed by atoms with van der Waals surface area (Å²) in [6.45, 7) is 5.37. The number of ether oxygens (including phenoxy) is 1. The van der Waals surface area contributed by atoms with Crippen molar-refractivity contribution in [1.82, 2.24) is 10.2 Å². The van der Waals surface area contributed by atoms with Crippen molar-refractivity contribution in [3.8, 4) is 5.75 Å². The van der Waals surface area contributed by atoms with Crippen LogP contribution in [0.1, 0.15) is 24.0 Å². The van der Waals surface area contributed by atoms with Gasteiger partial charge in [-0.25, -0.2) is 0 Å². The standard InChI is InChI=1S/C16H26N2O/c1-13-5-6-15(19-4)14(9-13)10-18(3)12-16(7-8-16)11-17-2/h5-6,9,17H,7-8,10-12H2,1-4H3. The van der Waals surface area contributed by atoms with Gasteiger partial charge in [0.2, 0.25) is 0 Å². The van der Waals surface area contributed by atoms with Crippen molar-refractivity contribution in [2.24, 2.45) is 5.41 Å². The summed E-state index contributed by atoms with van der Waals surface area (Å²) >= 11 is 0. The largest absolute Gasteiger partial charge is 0.496 e. The summed E-state index contributed by atoms with van der Waals surface area (Å²) < 4.78 is 5.46. The van der Waals surface area contributed by atoms with Gasteiger partial charge in [-0.2, -0.15) is 0 Å². The highest BCUT2D eigenvalue weighted by atomic mass is 16.5. The molecule has 1 aliphatic carbocycles. The van der Waals surface area contributed by atoms with Crippen molar-refractivity contribution >= 4 is 0 Å². The molecule has 19 heavy (non-hydrogen) atoms. The van der Waals surface area contributed by atoms with Gasteiger partial charge in [0.15, 0.2) is 0 Å². The van der Waals surface area contributed by atoms with E-state index < -0.39 is 0 Å². The Morgan fingerprint density at radius 2 is 2.11 bits per heavy atom. The van der Waals surface area contributed by atoms with Crippen LogP contribution in [0.25, 0.3) is 0 Å². The van der Waals surface area contributed by atoms with E-state index in [1.165, 1.54) is 24.0 Å². The minimum absolute atomic E-state index is 0.514. The maximum absolute atomic E-state index is 5.46. The van der Waals surface area contributed by atoms with Gasteiger partial charge in [-0.3, -0.25) is 0 Å². The van der Waals surface area contributed by atoms with Crippen molar-refractivity contribution in [3.05, 3.63) is 29.3 Å². The molecule has 0 saturated heterocycles. The summed E-state index contributed by atoms with van der Waals surface area (Å²) in [5.41, 5.74) is 3.09. The van der Waals surface area contributed by atoms with Gasteiger partial charge in [-0.1, -0.05) is 17.7 Å². The van der Waals surface area contributed by atoms with Gasteiger partial charge in [0.25, 0.3) is 0 Å². The Kier molecular flexibility index (Phi) is 4.48. The zero-order chi connectivity index (χ0) is 13.9. The molecule has 0 aromatic heterocycles. The molecule has 1 aromatic rings. The van der Waals surface area contributed by atoms with Crippen LogP contribution in [0, 0.1) is 12.3 Å². The predicted molar refractivity (Wildman–Crippen MR) is 79.7 cm³/mol. The summed E-state index contributed by atoms with van der Waals surface area (Å²) in [5.74, 6) is 0.996. The maximum atomic E-state index is 5.46.